The first-order valence-corrected chi connectivity index (χ1v) is 20.7. The zero-order valence-electron chi connectivity index (χ0n) is 24.2. The van der Waals surface area contributed by atoms with Crippen LogP contribution in [-0.2, 0) is 23.2 Å². The Hall–Kier alpha value is -0.666. The Morgan fingerprint density at radius 2 is 0.714 bits per heavy atom. The second-order valence-electron chi connectivity index (χ2n) is 11.4. The standard InChI is InChI=1S/C28H58O5Si2/c1-31-27(29)23-19-15-11-7-9-13-17-21-25-34(3,4)33-35(5,6)26-22-18-14-10-8-12-16-20-24-28(30)32-2/h7-26H2,1-6H3. The normalized spacial score (nSPS) is 12.1. The molecule has 0 aliphatic carbocycles. The van der Waals surface area contributed by atoms with E-state index in [1.165, 1.54) is 103 Å². The molecule has 208 valence electrons. The van der Waals surface area contributed by atoms with E-state index >= 15 is 0 Å². The van der Waals surface area contributed by atoms with Gasteiger partial charge in [0.15, 0.2) is 16.6 Å². The Balaban J connectivity index is 3.68. The molecule has 0 atom stereocenters. The molecule has 0 fully saturated rings. The van der Waals surface area contributed by atoms with Gasteiger partial charge in [0.25, 0.3) is 0 Å². The molecule has 0 radical (unpaired) electrons. The fourth-order valence-electron chi connectivity index (χ4n) is 4.82. The number of rotatable bonds is 24. The molecule has 0 spiro atoms. The minimum Gasteiger partial charge on any atom is -0.469 e. The van der Waals surface area contributed by atoms with Crippen molar-refractivity contribution in [1.82, 2.24) is 0 Å². The third-order valence-corrected chi connectivity index (χ3v) is 14.4. The summed E-state index contributed by atoms with van der Waals surface area (Å²) in [5.74, 6) is -0.163. The van der Waals surface area contributed by atoms with Gasteiger partial charge in [0.1, 0.15) is 0 Å². The van der Waals surface area contributed by atoms with Crippen LogP contribution in [0.4, 0.5) is 0 Å². The van der Waals surface area contributed by atoms with Crippen LogP contribution in [0.5, 0.6) is 0 Å². The van der Waals surface area contributed by atoms with Gasteiger partial charge in [0, 0.05) is 12.8 Å². The monoisotopic (exact) mass is 530 g/mol. The van der Waals surface area contributed by atoms with Gasteiger partial charge in [0.2, 0.25) is 0 Å². The molecule has 0 aromatic heterocycles. The van der Waals surface area contributed by atoms with Crippen LogP contribution in [0.15, 0.2) is 0 Å². The quantitative estimate of drug-likeness (QED) is 0.0709. The lowest BCUT2D eigenvalue weighted by Gasteiger charge is -2.34. The molecule has 5 nitrogen and oxygen atoms in total. The highest BCUT2D eigenvalue weighted by Gasteiger charge is 2.32. The van der Waals surface area contributed by atoms with Gasteiger partial charge in [-0.1, -0.05) is 89.9 Å². The molecule has 0 saturated carbocycles. The minimum absolute atomic E-state index is 0.0814. The van der Waals surface area contributed by atoms with Crippen LogP contribution in [0, 0.1) is 0 Å². The summed E-state index contributed by atoms with van der Waals surface area (Å²) in [6.07, 6.45) is 20.9. The predicted octanol–water partition coefficient (Wildman–Crippen LogP) is 8.78. The molecular weight excluding hydrogens is 472 g/mol. The number of carbonyl (C=O) groups excluding carboxylic acids is 2. The van der Waals surface area contributed by atoms with Gasteiger partial charge in [-0.05, 0) is 51.1 Å². The van der Waals surface area contributed by atoms with Gasteiger partial charge < -0.3 is 13.6 Å². The summed E-state index contributed by atoms with van der Waals surface area (Å²) in [5, 5.41) is 0. The summed E-state index contributed by atoms with van der Waals surface area (Å²) in [4.78, 5) is 22.2. The number of carbonyl (C=O) groups is 2. The lowest BCUT2D eigenvalue weighted by molar-refractivity contribution is -0.141. The Kier molecular flexibility index (Phi) is 21.0. The van der Waals surface area contributed by atoms with Crippen LogP contribution in [0.3, 0.4) is 0 Å². The van der Waals surface area contributed by atoms with E-state index in [-0.39, 0.29) is 11.9 Å². The van der Waals surface area contributed by atoms with E-state index in [4.69, 9.17) is 4.12 Å². The van der Waals surface area contributed by atoms with E-state index in [0.29, 0.717) is 12.8 Å². The number of ether oxygens (including phenoxy) is 2. The van der Waals surface area contributed by atoms with Gasteiger partial charge in [-0.15, -0.1) is 0 Å². The molecule has 0 aliphatic heterocycles. The first-order valence-electron chi connectivity index (χ1n) is 14.5. The summed E-state index contributed by atoms with van der Waals surface area (Å²) in [6, 6.07) is 2.58. The highest BCUT2D eigenvalue weighted by Crippen LogP contribution is 2.26. The lowest BCUT2D eigenvalue weighted by atomic mass is 10.1. The molecule has 0 bridgehead atoms. The summed E-state index contributed by atoms with van der Waals surface area (Å²) in [6.45, 7) is 9.68. The Labute approximate surface area is 219 Å². The van der Waals surface area contributed by atoms with Crippen LogP contribution in [0.1, 0.15) is 116 Å². The van der Waals surface area contributed by atoms with Gasteiger partial charge >= 0.3 is 11.9 Å². The molecule has 0 rings (SSSR count). The van der Waals surface area contributed by atoms with Crippen molar-refractivity contribution < 1.29 is 23.2 Å². The smallest absolute Gasteiger partial charge is 0.305 e. The van der Waals surface area contributed by atoms with Gasteiger partial charge in [-0.3, -0.25) is 9.59 Å². The van der Waals surface area contributed by atoms with Crippen molar-refractivity contribution in [2.45, 2.75) is 154 Å². The topological polar surface area (TPSA) is 61.8 Å². The minimum atomic E-state index is -1.56. The second kappa shape index (κ2) is 21.4. The highest BCUT2D eigenvalue weighted by atomic mass is 28.4. The first kappa shape index (κ1) is 34.3. The summed E-state index contributed by atoms with van der Waals surface area (Å²) in [5.41, 5.74) is 0. The molecule has 0 saturated heterocycles. The third kappa shape index (κ3) is 23.5. The molecule has 0 heterocycles. The molecule has 0 N–H and O–H groups in total. The van der Waals surface area contributed by atoms with Crippen molar-refractivity contribution in [3.05, 3.63) is 0 Å². The van der Waals surface area contributed by atoms with E-state index in [0.717, 1.165) is 25.7 Å². The zero-order chi connectivity index (χ0) is 26.4. The van der Waals surface area contributed by atoms with Crippen LogP contribution >= 0.6 is 0 Å². The number of unbranched alkanes of at least 4 members (excludes halogenated alkanes) is 14. The van der Waals surface area contributed by atoms with Crippen LogP contribution in [-0.4, -0.2) is 42.8 Å². The van der Waals surface area contributed by atoms with Crippen molar-refractivity contribution in [3.8, 4) is 0 Å². The molecule has 0 unspecified atom stereocenters. The number of hydrogen-bond donors (Lipinski definition) is 0. The maximum Gasteiger partial charge on any atom is 0.305 e. The maximum absolute atomic E-state index is 11.1. The summed E-state index contributed by atoms with van der Waals surface area (Å²) < 4.78 is 16.2. The van der Waals surface area contributed by atoms with Gasteiger partial charge in [-0.25, -0.2) is 0 Å². The van der Waals surface area contributed by atoms with Crippen molar-refractivity contribution >= 4 is 28.6 Å². The molecule has 0 amide bonds. The largest absolute Gasteiger partial charge is 0.469 e. The zero-order valence-corrected chi connectivity index (χ0v) is 26.2. The van der Waals surface area contributed by atoms with Crippen LogP contribution in [0.2, 0.25) is 38.3 Å². The van der Waals surface area contributed by atoms with E-state index in [1.54, 1.807) is 0 Å². The van der Waals surface area contributed by atoms with Crippen LogP contribution in [0.25, 0.3) is 0 Å². The predicted molar refractivity (Wildman–Crippen MR) is 153 cm³/mol. The average molecular weight is 531 g/mol. The van der Waals surface area contributed by atoms with E-state index in [2.05, 4.69) is 35.7 Å². The maximum atomic E-state index is 11.1. The number of hydrogen-bond acceptors (Lipinski definition) is 5. The summed E-state index contributed by atoms with van der Waals surface area (Å²) in [7, 11) is -0.192. The molecule has 0 aliphatic rings. The molecular formula is C28H58O5Si2. The van der Waals surface area contributed by atoms with Crippen molar-refractivity contribution in [2.24, 2.45) is 0 Å². The Morgan fingerprint density at radius 1 is 0.457 bits per heavy atom. The molecule has 35 heavy (non-hydrogen) atoms. The van der Waals surface area contributed by atoms with E-state index in [1.807, 2.05) is 0 Å². The second-order valence-corrected chi connectivity index (χ2v) is 20.3. The SMILES string of the molecule is COC(=O)CCCCCCCCCC[Si](C)(C)O[Si](C)(C)CCCCCCCCCCC(=O)OC. The number of methoxy groups -OCH3 is 2. The fraction of sp³-hybridized carbons (Fsp3) is 0.929. The Morgan fingerprint density at radius 3 is 1.00 bits per heavy atom. The van der Waals surface area contributed by atoms with E-state index < -0.39 is 16.6 Å². The number of esters is 2. The molecule has 0 aromatic carbocycles. The van der Waals surface area contributed by atoms with Crippen molar-refractivity contribution in [1.29, 1.82) is 0 Å². The first-order chi connectivity index (χ1) is 16.6. The fourth-order valence-corrected chi connectivity index (χ4v) is 13.8. The molecule has 7 heteroatoms. The van der Waals surface area contributed by atoms with Gasteiger partial charge in [-0.2, -0.15) is 0 Å². The average Bonchev–Trinajstić information content (AvgIpc) is 2.80. The van der Waals surface area contributed by atoms with Crippen LogP contribution < -0.4 is 0 Å². The van der Waals surface area contributed by atoms with Gasteiger partial charge in [0.05, 0.1) is 14.2 Å². The molecule has 0 aromatic rings. The lowest BCUT2D eigenvalue weighted by Crippen LogP contribution is -2.44. The highest BCUT2D eigenvalue weighted by molar-refractivity contribution is 6.84. The summed E-state index contributed by atoms with van der Waals surface area (Å²) >= 11 is 0. The third-order valence-electron chi connectivity index (χ3n) is 6.83. The Bertz CT molecular complexity index is 491. The van der Waals surface area contributed by atoms with E-state index in [9.17, 15) is 9.59 Å². The van der Waals surface area contributed by atoms with Crippen molar-refractivity contribution in [2.75, 3.05) is 14.2 Å². The van der Waals surface area contributed by atoms with Crippen molar-refractivity contribution in [3.63, 3.8) is 0 Å².